The number of amides is 1. The molecular weight excluding hydrogens is 392 g/mol. The maximum atomic E-state index is 12.6. The van der Waals surface area contributed by atoms with Gasteiger partial charge < -0.3 is 10.1 Å². The van der Waals surface area contributed by atoms with Gasteiger partial charge in [0.15, 0.2) is 10.4 Å². The summed E-state index contributed by atoms with van der Waals surface area (Å²) in [7, 11) is 0. The molecule has 28 heavy (non-hydrogen) atoms. The predicted octanol–water partition coefficient (Wildman–Crippen LogP) is 4.41. The van der Waals surface area contributed by atoms with Crippen LogP contribution in [-0.2, 0) is 15.3 Å². The summed E-state index contributed by atoms with van der Waals surface area (Å²) < 4.78 is 7.50. The van der Waals surface area contributed by atoms with E-state index in [-0.39, 0.29) is 11.9 Å². The lowest BCUT2D eigenvalue weighted by Gasteiger charge is -2.14. The maximum absolute atomic E-state index is 12.6. The van der Waals surface area contributed by atoms with Crippen molar-refractivity contribution in [1.29, 1.82) is 0 Å². The van der Waals surface area contributed by atoms with Crippen LogP contribution in [0, 0.1) is 0 Å². The predicted molar refractivity (Wildman–Crippen MR) is 112 cm³/mol. The zero-order valence-corrected chi connectivity index (χ0v) is 17.0. The van der Waals surface area contributed by atoms with E-state index in [1.807, 2.05) is 30.3 Å². The first-order valence-electron chi connectivity index (χ1n) is 9.18. The molecule has 1 atom stereocenters. The Kier molecular flexibility index (Phi) is 5.64. The summed E-state index contributed by atoms with van der Waals surface area (Å²) in [6.07, 6.45) is 1.19. The Morgan fingerprint density at radius 3 is 2.75 bits per heavy atom. The van der Waals surface area contributed by atoms with Crippen molar-refractivity contribution in [2.24, 2.45) is 0 Å². The lowest BCUT2D eigenvalue weighted by atomic mass is 10.1. The third-order valence-electron chi connectivity index (χ3n) is 4.44. The fourth-order valence-electron chi connectivity index (χ4n) is 2.72. The van der Waals surface area contributed by atoms with Gasteiger partial charge in [0, 0.05) is 11.8 Å². The molecule has 1 heterocycles. The largest absolute Gasteiger partial charge is 0.449 e. The van der Waals surface area contributed by atoms with Crippen molar-refractivity contribution >= 4 is 45.2 Å². The molecule has 1 N–H and O–H groups in total. The summed E-state index contributed by atoms with van der Waals surface area (Å²) >= 11 is 3.23. The van der Waals surface area contributed by atoms with E-state index >= 15 is 0 Å². The van der Waals surface area contributed by atoms with Crippen LogP contribution in [0.3, 0.4) is 0 Å². The highest BCUT2D eigenvalue weighted by molar-refractivity contribution is 8.00. The molecule has 0 radical (unpaired) electrons. The second-order valence-corrected chi connectivity index (χ2v) is 8.98. The normalized spacial score (nSPS) is 14.6. The van der Waals surface area contributed by atoms with Crippen molar-refractivity contribution in [1.82, 2.24) is 10.3 Å². The van der Waals surface area contributed by atoms with Crippen molar-refractivity contribution in [3.63, 3.8) is 0 Å². The van der Waals surface area contributed by atoms with Gasteiger partial charge in [-0.05, 0) is 43.5 Å². The van der Waals surface area contributed by atoms with Gasteiger partial charge in [-0.3, -0.25) is 4.79 Å². The monoisotopic (exact) mass is 412 g/mol. The summed E-state index contributed by atoms with van der Waals surface area (Å²) in [6, 6.07) is 15.6. The molecule has 1 aromatic heterocycles. The molecule has 7 heteroatoms. The number of hydrogen-bond donors (Lipinski definition) is 1. The molecule has 144 valence electrons. The topological polar surface area (TPSA) is 68.3 Å². The number of rotatable bonds is 7. The zero-order valence-electron chi connectivity index (χ0n) is 15.4. The van der Waals surface area contributed by atoms with Gasteiger partial charge in [0.2, 0.25) is 0 Å². The molecule has 0 saturated heterocycles. The highest BCUT2D eigenvalue weighted by Gasteiger charge is 2.27. The number of carbonyl (C=O) groups is 2. The molecule has 2 aromatic carbocycles. The number of esters is 1. The number of hydrogen-bond acceptors (Lipinski definition) is 6. The first kappa shape index (κ1) is 19.0. The van der Waals surface area contributed by atoms with Gasteiger partial charge in [-0.15, -0.1) is 11.3 Å². The average Bonchev–Trinajstić information content (AvgIpc) is 3.41. The van der Waals surface area contributed by atoms with E-state index in [1.165, 1.54) is 0 Å². The van der Waals surface area contributed by atoms with Crippen LogP contribution in [0.1, 0.15) is 35.7 Å². The number of ether oxygens (including phenoxy) is 1. The average molecular weight is 413 g/mol. The van der Waals surface area contributed by atoms with Crippen molar-refractivity contribution < 1.29 is 14.3 Å². The molecule has 0 aliphatic heterocycles. The molecular formula is C21H20N2O3S2. The lowest BCUT2D eigenvalue weighted by Crippen LogP contribution is -2.37. The van der Waals surface area contributed by atoms with Gasteiger partial charge in [0.25, 0.3) is 5.91 Å². The molecule has 0 unspecified atom stereocenters. The third-order valence-corrected chi connectivity index (χ3v) is 6.67. The molecule has 5 nitrogen and oxygen atoms in total. The van der Waals surface area contributed by atoms with Crippen molar-refractivity contribution in [2.75, 3.05) is 0 Å². The van der Waals surface area contributed by atoms with E-state index in [0.717, 1.165) is 33.0 Å². The van der Waals surface area contributed by atoms with Gasteiger partial charge in [-0.1, -0.05) is 42.1 Å². The van der Waals surface area contributed by atoms with E-state index in [9.17, 15) is 9.59 Å². The molecule has 0 spiro atoms. The Morgan fingerprint density at radius 1 is 1.21 bits per heavy atom. The maximum Gasteiger partial charge on any atom is 0.339 e. The van der Waals surface area contributed by atoms with E-state index in [2.05, 4.69) is 16.4 Å². The summed E-state index contributed by atoms with van der Waals surface area (Å²) in [5, 5.41) is 2.86. The summed E-state index contributed by atoms with van der Waals surface area (Å²) in [5.74, 6) is -0.107. The van der Waals surface area contributed by atoms with Crippen LogP contribution in [0.25, 0.3) is 10.2 Å². The number of thioether (sulfide) groups is 1. The minimum absolute atomic E-state index is 0.239. The number of nitrogens with one attached hydrogen (secondary N) is 1. The number of thiazole rings is 1. The SMILES string of the molecule is C[C@@H](OC(=O)c1ccccc1CSc1nc2ccccc2s1)C(=O)NC1CC1. The smallest absolute Gasteiger partial charge is 0.339 e. The van der Waals surface area contributed by atoms with E-state index in [1.54, 1.807) is 42.2 Å². The van der Waals surface area contributed by atoms with E-state index in [4.69, 9.17) is 4.74 Å². The molecule has 3 aromatic rings. The van der Waals surface area contributed by atoms with E-state index in [0.29, 0.717) is 11.3 Å². The van der Waals surface area contributed by atoms with Crippen molar-refractivity contribution in [3.05, 3.63) is 59.7 Å². The van der Waals surface area contributed by atoms with E-state index < -0.39 is 12.1 Å². The van der Waals surface area contributed by atoms with Crippen molar-refractivity contribution in [2.45, 2.75) is 42.0 Å². The zero-order chi connectivity index (χ0) is 19.5. The second kappa shape index (κ2) is 8.32. The molecule has 1 fully saturated rings. The number of aromatic nitrogens is 1. The minimum Gasteiger partial charge on any atom is -0.449 e. The minimum atomic E-state index is -0.807. The standard InChI is InChI=1S/C21H20N2O3S2/c1-13(19(24)22-15-10-11-15)26-20(25)16-7-3-2-6-14(16)12-27-21-23-17-8-4-5-9-18(17)28-21/h2-9,13,15H,10-12H2,1H3,(H,22,24)/t13-/m1/s1. The van der Waals surface area contributed by atoms with Crippen LogP contribution in [0.15, 0.2) is 52.9 Å². The Balaban J connectivity index is 1.42. The number of benzene rings is 2. The Bertz CT molecular complexity index is 981. The Labute approximate surface area is 171 Å². The number of carbonyl (C=O) groups excluding carboxylic acids is 2. The van der Waals surface area contributed by atoms with Crippen LogP contribution < -0.4 is 5.32 Å². The summed E-state index contributed by atoms with van der Waals surface area (Å²) in [5.41, 5.74) is 2.34. The quantitative estimate of drug-likeness (QED) is 0.460. The summed E-state index contributed by atoms with van der Waals surface area (Å²) in [4.78, 5) is 29.3. The van der Waals surface area contributed by atoms with Gasteiger partial charge in [0.05, 0.1) is 15.8 Å². The molecule has 1 saturated carbocycles. The number of fused-ring (bicyclic) bond motifs is 1. The first-order chi connectivity index (χ1) is 13.6. The van der Waals surface area contributed by atoms with Gasteiger partial charge in [0.1, 0.15) is 0 Å². The number of para-hydroxylation sites is 1. The molecule has 0 bridgehead atoms. The summed E-state index contributed by atoms with van der Waals surface area (Å²) in [6.45, 7) is 1.61. The van der Waals surface area contributed by atoms with Crippen LogP contribution in [0.5, 0.6) is 0 Å². The molecule has 1 amide bonds. The third kappa shape index (κ3) is 4.54. The number of nitrogens with zero attached hydrogens (tertiary/aromatic N) is 1. The van der Waals surface area contributed by atoms with Crippen LogP contribution in [0.4, 0.5) is 0 Å². The Morgan fingerprint density at radius 2 is 1.96 bits per heavy atom. The molecule has 1 aliphatic carbocycles. The second-order valence-electron chi connectivity index (χ2n) is 6.72. The van der Waals surface area contributed by atoms with Gasteiger partial charge in [-0.2, -0.15) is 0 Å². The fourth-order valence-corrected chi connectivity index (χ4v) is 4.79. The van der Waals surface area contributed by atoms with Crippen LogP contribution >= 0.6 is 23.1 Å². The molecule has 1 aliphatic rings. The first-order valence-corrected chi connectivity index (χ1v) is 11.0. The van der Waals surface area contributed by atoms with Gasteiger partial charge in [-0.25, -0.2) is 9.78 Å². The van der Waals surface area contributed by atoms with Crippen LogP contribution in [-0.4, -0.2) is 29.0 Å². The lowest BCUT2D eigenvalue weighted by molar-refractivity contribution is -0.129. The van der Waals surface area contributed by atoms with Gasteiger partial charge >= 0.3 is 5.97 Å². The fraction of sp³-hybridized carbons (Fsp3) is 0.286. The Hall–Kier alpha value is -2.38. The highest BCUT2D eigenvalue weighted by atomic mass is 32.2. The molecule has 4 rings (SSSR count). The van der Waals surface area contributed by atoms with Crippen molar-refractivity contribution in [3.8, 4) is 0 Å². The highest BCUT2D eigenvalue weighted by Crippen LogP contribution is 2.32. The van der Waals surface area contributed by atoms with Crippen LogP contribution in [0.2, 0.25) is 0 Å².